The van der Waals surface area contributed by atoms with Crippen molar-refractivity contribution in [2.24, 2.45) is 12.0 Å². The molecule has 0 aliphatic heterocycles. The Kier molecular flexibility index (Phi) is 5.99. The normalized spacial score (nSPS) is 12.6. The van der Waals surface area contributed by atoms with Gasteiger partial charge >= 0.3 is 6.18 Å². The van der Waals surface area contributed by atoms with E-state index in [1.54, 1.807) is 60.5 Å². The van der Waals surface area contributed by atoms with Crippen LogP contribution in [0.4, 0.5) is 17.6 Å². The summed E-state index contributed by atoms with van der Waals surface area (Å²) < 4.78 is 58.3. The van der Waals surface area contributed by atoms with Crippen LogP contribution in [0, 0.1) is 28.6 Å². The molecule has 0 saturated carbocycles. The highest BCUT2D eigenvalue weighted by atomic mass is 19.4. The molecule has 6 nitrogen and oxygen atoms in total. The van der Waals surface area contributed by atoms with Crippen molar-refractivity contribution >= 4 is 21.9 Å². The summed E-state index contributed by atoms with van der Waals surface area (Å²) in [6.45, 7) is 3.61. The maximum absolute atomic E-state index is 14.8. The number of imidazole rings is 1. The van der Waals surface area contributed by atoms with Crippen LogP contribution in [0.2, 0.25) is 0 Å². The second kappa shape index (κ2) is 9.10. The number of aromatic nitrogens is 3. The third-order valence-corrected chi connectivity index (χ3v) is 6.79. The van der Waals surface area contributed by atoms with E-state index in [0.717, 1.165) is 17.7 Å². The summed E-state index contributed by atoms with van der Waals surface area (Å²) >= 11 is 0. The molecule has 2 aromatic heterocycles. The Bertz CT molecular complexity index is 1910. The van der Waals surface area contributed by atoms with E-state index in [0.29, 0.717) is 33.7 Å². The standard InChI is InChI=1S/C29H20F4N6/c1-28(2,15-34)18-5-8-20(9-6-18)39-26-22-12-17(21-13-19(29(31,32)33)7-10-23(21)30)4-11-24(22)36-14-25(26)38(3)27(39)37-16-35/h4-14H,1-3H3/b37-27-. The molecule has 3 aromatic carbocycles. The van der Waals surface area contributed by atoms with E-state index in [1.807, 2.05) is 18.3 Å². The van der Waals surface area contributed by atoms with Crippen LogP contribution in [-0.2, 0) is 18.6 Å². The van der Waals surface area contributed by atoms with Gasteiger partial charge in [-0.2, -0.15) is 23.7 Å². The van der Waals surface area contributed by atoms with E-state index >= 15 is 0 Å². The van der Waals surface area contributed by atoms with Crippen molar-refractivity contribution in [2.75, 3.05) is 0 Å². The molecule has 5 rings (SSSR count). The second-order valence-corrected chi connectivity index (χ2v) is 9.61. The zero-order chi connectivity index (χ0) is 28.1. The van der Waals surface area contributed by atoms with Gasteiger partial charge in [-0.3, -0.25) is 9.55 Å². The van der Waals surface area contributed by atoms with E-state index in [1.165, 1.54) is 6.07 Å². The van der Waals surface area contributed by atoms with Gasteiger partial charge in [-0.05, 0) is 67.4 Å². The van der Waals surface area contributed by atoms with Crippen LogP contribution in [0.5, 0.6) is 0 Å². The largest absolute Gasteiger partial charge is 0.416 e. The van der Waals surface area contributed by atoms with Crippen LogP contribution < -0.4 is 5.62 Å². The molecule has 0 radical (unpaired) electrons. The van der Waals surface area contributed by atoms with Gasteiger partial charge in [-0.1, -0.05) is 18.2 Å². The van der Waals surface area contributed by atoms with Crippen LogP contribution in [0.15, 0.2) is 71.9 Å². The highest BCUT2D eigenvalue weighted by Gasteiger charge is 2.31. The summed E-state index contributed by atoms with van der Waals surface area (Å²) in [4.78, 5) is 8.50. The average Bonchev–Trinajstić information content (AvgIpc) is 3.20. The molecule has 194 valence electrons. The molecule has 0 spiro atoms. The van der Waals surface area contributed by atoms with Gasteiger partial charge < -0.3 is 4.57 Å². The zero-order valence-electron chi connectivity index (χ0n) is 21.0. The molecule has 0 atom stereocenters. The zero-order valence-corrected chi connectivity index (χ0v) is 21.0. The monoisotopic (exact) mass is 528 g/mol. The SMILES string of the molecule is Cn1/c(=N/C#N)n(-c2ccc(C(C)(C)C#N)cc2)c2c3cc(-c4cc(C(F)(F)F)ccc4F)ccc3ncc21. The molecule has 0 amide bonds. The molecule has 5 aromatic rings. The minimum absolute atomic E-state index is 0.198. The molecule has 0 unspecified atom stereocenters. The predicted octanol–water partition coefficient (Wildman–Crippen LogP) is 6.53. The summed E-state index contributed by atoms with van der Waals surface area (Å²) in [7, 11) is 1.71. The highest BCUT2D eigenvalue weighted by Crippen LogP contribution is 2.35. The molecular weight excluding hydrogens is 508 g/mol. The van der Waals surface area contributed by atoms with Gasteiger partial charge in [0.1, 0.15) is 5.82 Å². The van der Waals surface area contributed by atoms with Crippen LogP contribution in [-0.4, -0.2) is 14.1 Å². The molecule has 0 aliphatic carbocycles. The Morgan fingerprint density at radius 1 is 0.923 bits per heavy atom. The molecule has 0 bridgehead atoms. The van der Waals surface area contributed by atoms with Crippen molar-refractivity contribution < 1.29 is 17.6 Å². The molecule has 0 fully saturated rings. The maximum atomic E-state index is 14.8. The van der Waals surface area contributed by atoms with Crippen molar-refractivity contribution in [1.29, 1.82) is 10.5 Å². The number of alkyl halides is 3. The van der Waals surface area contributed by atoms with Gasteiger partial charge in [-0.25, -0.2) is 4.39 Å². The lowest BCUT2D eigenvalue weighted by Crippen LogP contribution is -2.23. The van der Waals surface area contributed by atoms with Gasteiger partial charge in [0.2, 0.25) is 11.8 Å². The Hall–Kier alpha value is -4.96. The van der Waals surface area contributed by atoms with Crippen molar-refractivity contribution in [2.45, 2.75) is 25.4 Å². The highest BCUT2D eigenvalue weighted by molar-refractivity contribution is 6.04. The van der Waals surface area contributed by atoms with Crippen molar-refractivity contribution in [1.82, 2.24) is 14.1 Å². The molecule has 0 saturated heterocycles. The Balaban J connectivity index is 1.83. The topological polar surface area (TPSA) is 82.7 Å². The summed E-state index contributed by atoms with van der Waals surface area (Å²) in [6.07, 6.45) is -1.20. The fraction of sp³-hybridized carbons (Fsp3) is 0.172. The minimum atomic E-state index is -4.63. The molecule has 0 aliphatic rings. The first-order valence-corrected chi connectivity index (χ1v) is 11.8. The van der Waals surface area contributed by atoms with Crippen LogP contribution in [0.25, 0.3) is 38.8 Å². The first kappa shape index (κ1) is 25.7. The predicted molar refractivity (Wildman–Crippen MR) is 138 cm³/mol. The smallest absolute Gasteiger partial charge is 0.311 e. The van der Waals surface area contributed by atoms with Crippen LogP contribution >= 0.6 is 0 Å². The van der Waals surface area contributed by atoms with E-state index in [9.17, 15) is 28.1 Å². The quantitative estimate of drug-likeness (QED) is 0.197. The minimum Gasteiger partial charge on any atom is -0.311 e. The third kappa shape index (κ3) is 4.30. The molecule has 39 heavy (non-hydrogen) atoms. The maximum Gasteiger partial charge on any atom is 0.416 e. The number of hydrogen-bond acceptors (Lipinski definition) is 4. The van der Waals surface area contributed by atoms with Crippen molar-refractivity contribution in [3.63, 3.8) is 0 Å². The Labute approximate surface area is 220 Å². The lowest BCUT2D eigenvalue weighted by atomic mass is 9.86. The van der Waals surface area contributed by atoms with Gasteiger partial charge in [0.25, 0.3) is 0 Å². The number of hydrogen-bond donors (Lipinski definition) is 0. The van der Waals surface area contributed by atoms with Crippen molar-refractivity contribution in [3.8, 4) is 29.1 Å². The number of fused-ring (bicyclic) bond motifs is 3. The number of nitriles is 2. The lowest BCUT2D eigenvalue weighted by molar-refractivity contribution is -0.137. The van der Waals surface area contributed by atoms with E-state index in [2.05, 4.69) is 16.0 Å². The van der Waals surface area contributed by atoms with E-state index in [4.69, 9.17) is 0 Å². The first-order chi connectivity index (χ1) is 18.5. The van der Waals surface area contributed by atoms with Gasteiger partial charge in [-0.15, -0.1) is 4.99 Å². The molecular formula is C29H20F4N6. The van der Waals surface area contributed by atoms with Crippen LogP contribution in [0.1, 0.15) is 25.0 Å². The number of aryl methyl sites for hydroxylation is 1. The van der Waals surface area contributed by atoms with Gasteiger partial charge in [0.15, 0.2) is 0 Å². The average molecular weight is 529 g/mol. The number of rotatable bonds is 3. The summed E-state index contributed by atoms with van der Waals surface area (Å²) in [5.41, 5.74) is 1.77. The van der Waals surface area contributed by atoms with E-state index < -0.39 is 23.0 Å². The number of halogens is 4. The van der Waals surface area contributed by atoms with Crippen LogP contribution in [0.3, 0.4) is 0 Å². The Morgan fingerprint density at radius 3 is 2.26 bits per heavy atom. The number of nitrogens with zero attached hydrogens (tertiary/aromatic N) is 6. The molecule has 2 heterocycles. The summed E-state index contributed by atoms with van der Waals surface area (Å²) in [5, 5.41) is 19.5. The summed E-state index contributed by atoms with van der Waals surface area (Å²) in [5.74, 6) is -0.792. The third-order valence-electron chi connectivity index (χ3n) is 6.79. The number of benzene rings is 3. The summed E-state index contributed by atoms with van der Waals surface area (Å²) in [6, 6.07) is 16.5. The molecule has 0 N–H and O–H groups in total. The fourth-order valence-corrected chi connectivity index (χ4v) is 4.60. The van der Waals surface area contributed by atoms with Gasteiger partial charge in [0, 0.05) is 23.7 Å². The lowest BCUT2D eigenvalue weighted by Gasteiger charge is -2.16. The fourth-order valence-electron chi connectivity index (χ4n) is 4.60. The first-order valence-electron chi connectivity index (χ1n) is 11.8. The molecule has 10 heteroatoms. The number of pyridine rings is 1. The van der Waals surface area contributed by atoms with Gasteiger partial charge in [0.05, 0.1) is 39.8 Å². The van der Waals surface area contributed by atoms with E-state index in [-0.39, 0.29) is 16.7 Å². The Morgan fingerprint density at radius 2 is 1.62 bits per heavy atom. The van der Waals surface area contributed by atoms with Crippen molar-refractivity contribution in [3.05, 3.63) is 89.4 Å². The second-order valence-electron chi connectivity index (χ2n) is 9.61.